The van der Waals surface area contributed by atoms with Crippen molar-refractivity contribution in [1.29, 1.82) is 5.53 Å². The average molecular weight is 144 g/mol. The number of urea groups is 1. The van der Waals surface area contributed by atoms with Crippen LogP contribution in [-0.2, 0) is 0 Å². The number of rotatable bonds is 3. The van der Waals surface area contributed by atoms with Crippen LogP contribution in [0, 0.1) is 5.53 Å². The molecule has 2 N–H and O–H groups in total. The second-order valence-corrected chi connectivity index (χ2v) is 1.70. The predicted octanol–water partition coefficient (Wildman–Crippen LogP) is 0.984. The summed E-state index contributed by atoms with van der Waals surface area (Å²) >= 11 is 0. The van der Waals surface area contributed by atoms with E-state index in [1.54, 1.807) is 5.01 Å². The molecule has 0 bridgehead atoms. The molecule has 0 heterocycles. The second kappa shape index (κ2) is 4.87. The molecule has 10 heavy (non-hydrogen) atoms. The average Bonchev–Trinajstić information content (AvgIpc) is 1.99. The van der Waals surface area contributed by atoms with Gasteiger partial charge in [0.05, 0.1) is 0 Å². The number of hydrazine groups is 1. The van der Waals surface area contributed by atoms with Gasteiger partial charge in [0.1, 0.15) is 0 Å². The van der Waals surface area contributed by atoms with Crippen LogP contribution in [0.25, 0.3) is 0 Å². The maximum atomic E-state index is 10.4. The van der Waals surface area contributed by atoms with Gasteiger partial charge in [-0.1, -0.05) is 19.0 Å². The Kier molecular flexibility index (Phi) is 4.39. The number of amides is 2. The van der Waals surface area contributed by atoms with E-state index in [9.17, 15) is 4.79 Å². The Balaban J connectivity index is 3.62. The Hall–Kier alpha value is -0.970. The van der Waals surface area contributed by atoms with Crippen LogP contribution in [0.1, 0.15) is 13.8 Å². The molecule has 0 rings (SSSR count). The quantitative estimate of drug-likeness (QED) is 0.458. The molecule has 5 nitrogen and oxygen atoms in total. The maximum absolute atomic E-state index is 10.4. The number of carbonyl (C=O) groups excluding carboxylic acids is 1. The van der Waals surface area contributed by atoms with E-state index in [2.05, 4.69) is 10.5 Å². The highest BCUT2D eigenvalue weighted by atomic mass is 16.2. The molecule has 58 valence electrons. The fraction of sp³-hybridized carbons (Fsp3) is 0.800. The molecule has 0 radical (unpaired) electrons. The van der Waals surface area contributed by atoms with Gasteiger partial charge in [0.2, 0.25) is 0 Å². The molecule has 0 spiro atoms. The van der Waals surface area contributed by atoms with Gasteiger partial charge in [-0.2, -0.15) is 5.53 Å². The SMILES string of the molecule is CCN(CC)NC(=O)N=N. The Morgan fingerprint density at radius 2 is 2.10 bits per heavy atom. The van der Waals surface area contributed by atoms with E-state index >= 15 is 0 Å². The molecule has 0 fully saturated rings. The normalized spacial score (nSPS) is 9.50. The lowest BCUT2D eigenvalue weighted by atomic mass is 10.6. The highest BCUT2D eigenvalue weighted by molar-refractivity contribution is 5.73. The van der Waals surface area contributed by atoms with Crippen molar-refractivity contribution in [3.63, 3.8) is 0 Å². The Labute approximate surface area is 59.9 Å². The van der Waals surface area contributed by atoms with Gasteiger partial charge < -0.3 is 0 Å². The summed E-state index contributed by atoms with van der Waals surface area (Å²) in [5.74, 6) is 0. The molecule has 0 atom stereocenters. The summed E-state index contributed by atoms with van der Waals surface area (Å²) in [6.07, 6.45) is 0. The van der Waals surface area contributed by atoms with Crippen LogP contribution in [0.15, 0.2) is 5.11 Å². The zero-order valence-electron chi connectivity index (χ0n) is 6.22. The van der Waals surface area contributed by atoms with Crippen LogP contribution in [-0.4, -0.2) is 24.1 Å². The molecular formula is C5H12N4O. The molecule has 5 heteroatoms. The summed E-state index contributed by atoms with van der Waals surface area (Å²) in [6.45, 7) is 5.26. The number of nitrogens with zero attached hydrogens (tertiary/aromatic N) is 2. The van der Waals surface area contributed by atoms with Crippen LogP contribution in [0.2, 0.25) is 0 Å². The van der Waals surface area contributed by atoms with Crippen LogP contribution < -0.4 is 5.43 Å². The minimum atomic E-state index is -0.622. The molecule has 0 aliphatic carbocycles. The lowest BCUT2D eigenvalue weighted by molar-refractivity contribution is 0.192. The fourth-order valence-corrected chi connectivity index (χ4v) is 0.542. The number of nitrogens with one attached hydrogen (secondary N) is 2. The minimum Gasteiger partial charge on any atom is -0.267 e. The molecule has 0 aromatic rings. The zero-order chi connectivity index (χ0) is 7.98. The van der Waals surface area contributed by atoms with Crippen LogP contribution in [0.3, 0.4) is 0 Å². The van der Waals surface area contributed by atoms with Crippen molar-refractivity contribution in [3.8, 4) is 0 Å². The maximum Gasteiger partial charge on any atom is 0.373 e. The molecule has 2 amide bonds. The van der Waals surface area contributed by atoms with Crippen LogP contribution in [0.5, 0.6) is 0 Å². The first-order valence-electron chi connectivity index (χ1n) is 3.17. The summed E-state index contributed by atoms with van der Waals surface area (Å²) in [7, 11) is 0. The van der Waals surface area contributed by atoms with Gasteiger partial charge in [0.25, 0.3) is 0 Å². The van der Waals surface area contributed by atoms with Gasteiger partial charge in [-0.15, -0.1) is 0 Å². The van der Waals surface area contributed by atoms with Gasteiger partial charge in [-0.05, 0) is 0 Å². The van der Waals surface area contributed by atoms with Crippen LogP contribution in [0.4, 0.5) is 4.79 Å². The highest BCUT2D eigenvalue weighted by Crippen LogP contribution is 1.81. The lowest BCUT2D eigenvalue weighted by Gasteiger charge is -2.16. The largest absolute Gasteiger partial charge is 0.373 e. The summed E-state index contributed by atoms with van der Waals surface area (Å²) in [5.41, 5.74) is 8.74. The van der Waals surface area contributed by atoms with E-state index in [0.29, 0.717) is 0 Å². The number of carbonyl (C=O) groups is 1. The monoisotopic (exact) mass is 144 g/mol. The van der Waals surface area contributed by atoms with E-state index in [-0.39, 0.29) is 0 Å². The van der Waals surface area contributed by atoms with E-state index in [1.807, 2.05) is 13.8 Å². The van der Waals surface area contributed by atoms with Gasteiger partial charge >= 0.3 is 6.03 Å². The molecule has 0 saturated carbocycles. The second-order valence-electron chi connectivity index (χ2n) is 1.70. The van der Waals surface area contributed by atoms with Crippen LogP contribution >= 0.6 is 0 Å². The third-order valence-electron chi connectivity index (χ3n) is 1.12. The van der Waals surface area contributed by atoms with Gasteiger partial charge in [0, 0.05) is 13.1 Å². The lowest BCUT2D eigenvalue weighted by Crippen LogP contribution is -2.40. The van der Waals surface area contributed by atoms with E-state index in [1.165, 1.54) is 0 Å². The molecule has 0 saturated heterocycles. The molecule has 0 aromatic carbocycles. The topological polar surface area (TPSA) is 68.6 Å². The highest BCUT2D eigenvalue weighted by Gasteiger charge is 2.01. The van der Waals surface area contributed by atoms with Crippen molar-refractivity contribution in [2.75, 3.05) is 13.1 Å². The summed E-state index contributed by atoms with van der Waals surface area (Å²) in [4.78, 5) is 10.4. The van der Waals surface area contributed by atoms with E-state index < -0.39 is 6.03 Å². The first-order valence-corrected chi connectivity index (χ1v) is 3.17. The standard InChI is InChI=1S/C5H12N4O/c1-3-9(4-2)8-5(10)7-6/h6H,3-4H2,1-2H3,(H,8,10). The Morgan fingerprint density at radius 1 is 1.60 bits per heavy atom. The Morgan fingerprint density at radius 3 is 2.40 bits per heavy atom. The minimum absolute atomic E-state index is 0.622. The molecule has 0 unspecified atom stereocenters. The summed E-state index contributed by atoms with van der Waals surface area (Å²) in [6, 6.07) is -0.622. The first-order chi connectivity index (χ1) is 4.74. The third kappa shape index (κ3) is 3.13. The molecule has 0 aromatic heterocycles. The van der Waals surface area contributed by atoms with Crippen molar-refractivity contribution in [2.45, 2.75) is 13.8 Å². The number of hydrogen-bond donors (Lipinski definition) is 2. The van der Waals surface area contributed by atoms with Crippen molar-refractivity contribution in [1.82, 2.24) is 10.4 Å². The van der Waals surface area contributed by atoms with Gasteiger partial charge in [0.15, 0.2) is 0 Å². The van der Waals surface area contributed by atoms with Crippen molar-refractivity contribution >= 4 is 6.03 Å². The Bertz CT molecular complexity index is 121. The molecule has 0 aliphatic heterocycles. The van der Waals surface area contributed by atoms with E-state index in [0.717, 1.165) is 13.1 Å². The van der Waals surface area contributed by atoms with Crippen molar-refractivity contribution in [2.24, 2.45) is 5.11 Å². The predicted molar refractivity (Wildman–Crippen MR) is 36.6 cm³/mol. The van der Waals surface area contributed by atoms with Crippen molar-refractivity contribution in [3.05, 3.63) is 0 Å². The molecular weight excluding hydrogens is 132 g/mol. The summed E-state index contributed by atoms with van der Waals surface area (Å²) in [5, 5.41) is 4.35. The van der Waals surface area contributed by atoms with Gasteiger partial charge in [-0.3, -0.25) is 5.43 Å². The number of hydrogen-bond acceptors (Lipinski definition) is 3. The molecule has 0 aliphatic rings. The third-order valence-corrected chi connectivity index (χ3v) is 1.12. The van der Waals surface area contributed by atoms with E-state index in [4.69, 9.17) is 5.53 Å². The smallest absolute Gasteiger partial charge is 0.267 e. The fourth-order valence-electron chi connectivity index (χ4n) is 0.542. The summed E-state index contributed by atoms with van der Waals surface area (Å²) < 4.78 is 0. The van der Waals surface area contributed by atoms with Gasteiger partial charge in [-0.25, -0.2) is 9.80 Å². The zero-order valence-corrected chi connectivity index (χ0v) is 6.22. The van der Waals surface area contributed by atoms with Crippen molar-refractivity contribution < 1.29 is 4.79 Å². The first kappa shape index (κ1) is 9.03.